The molecule has 0 unspecified atom stereocenters. The molecule has 3 aromatic rings. The lowest BCUT2D eigenvalue weighted by Gasteiger charge is -2.24. The van der Waals surface area contributed by atoms with Crippen molar-refractivity contribution < 1.29 is 14.3 Å². The first kappa shape index (κ1) is 24.1. The van der Waals surface area contributed by atoms with Gasteiger partial charge in [-0.3, -0.25) is 9.59 Å². The monoisotopic (exact) mass is 444 g/mol. The maximum atomic E-state index is 13.6. The Hall–Kier alpha value is -3.60. The summed E-state index contributed by atoms with van der Waals surface area (Å²) in [5, 5.41) is 0. The van der Waals surface area contributed by atoms with E-state index in [-0.39, 0.29) is 11.8 Å². The second-order valence-electron chi connectivity index (χ2n) is 8.27. The molecule has 0 bridgehead atoms. The second kappa shape index (κ2) is 11.3. The summed E-state index contributed by atoms with van der Waals surface area (Å²) < 4.78 is 5.31. The van der Waals surface area contributed by atoms with Gasteiger partial charge in [0.2, 0.25) is 5.91 Å². The summed E-state index contributed by atoms with van der Waals surface area (Å²) in [7, 11) is 3.41. The first-order valence-corrected chi connectivity index (χ1v) is 11.3. The van der Waals surface area contributed by atoms with Crippen molar-refractivity contribution in [3.63, 3.8) is 0 Å². The van der Waals surface area contributed by atoms with Crippen molar-refractivity contribution in [2.75, 3.05) is 25.6 Å². The Morgan fingerprint density at radius 2 is 1.64 bits per heavy atom. The molecule has 0 atom stereocenters. The van der Waals surface area contributed by atoms with E-state index in [0.717, 1.165) is 29.8 Å². The van der Waals surface area contributed by atoms with E-state index in [0.29, 0.717) is 24.3 Å². The fourth-order valence-electron chi connectivity index (χ4n) is 3.67. The van der Waals surface area contributed by atoms with Gasteiger partial charge in [0, 0.05) is 24.8 Å². The Morgan fingerprint density at radius 1 is 0.909 bits per heavy atom. The number of carbonyl (C=O) groups excluding carboxylic acids is 2. The average Bonchev–Trinajstić information content (AvgIpc) is 2.83. The van der Waals surface area contributed by atoms with E-state index in [1.165, 1.54) is 5.56 Å². The zero-order chi connectivity index (χ0) is 23.8. The SMILES string of the molecule is CCCN(C)C(=O)Cc1cccc(N(Cc2ccc(C)cc2)C(=O)c2cccc(OC)c2)c1. The van der Waals surface area contributed by atoms with Crippen molar-refractivity contribution in [1.29, 1.82) is 0 Å². The first-order chi connectivity index (χ1) is 15.9. The van der Waals surface area contributed by atoms with E-state index in [2.05, 4.69) is 6.92 Å². The van der Waals surface area contributed by atoms with Gasteiger partial charge in [0.15, 0.2) is 0 Å². The molecule has 33 heavy (non-hydrogen) atoms. The molecule has 0 aromatic heterocycles. The van der Waals surface area contributed by atoms with Crippen molar-refractivity contribution in [2.24, 2.45) is 0 Å². The van der Waals surface area contributed by atoms with Crippen LogP contribution in [-0.4, -0.2) is 37.4 Å². The van der Waals surface area contributed by atoms with E-state index in [4.69, 9.17) is 4.74 Å². The number of hydrogen-bond acceptors (Lipinski definition) is 3. The summed E-state index contributed by atoms with van der Waals surface area (Å²) in [4.78, 5) is 29.7. The molecule has 0 saturated heterocycles. The molecular formula is C28H32N2O3. The van der Waals surface area contributed by atoms with Gasteiger partial charge in [-0.05, 0) is 54.8 Å². The number of anilines is 1. The van der Waals surface area contributed by atoms with Crippen molar-refractivity contribution in [3.05, 3.63) is 95.1 Å². The molecule has 2 amide bonds. The highest BCUT2D eigenvalue weighted by Gasteiger charge is 2.20. The number of hydrogen-bond donors (Lipinski definition) is 0. The predicted molar refractivity (Wildman–Crippen MR) is 133 cm³/mol. The molecular weight excluding hydrogens is 412 g/mol. The molecule has 0 fully saturated rings. The molecule has 172 valence electrons. The van der Waals surface area contributed by atoms with Crippen LogP contribution in [0.1, 0.15) is 40.4 Å². The number of aryl methyl sites for hydroxylation is 1. The van der Waals surface area contributed by atoms with E-state index in [1.54, 1.807) is 29.0 Å². The van der Waals surface area contributed by atoms with Gasteiger partial charge < -0.3 is 14.5 Å². The molecule has 0 heterocycles. The molecule has 3 rings (SSSR count). The smallest absolute Gasteiger partial charge is 0.258 e. The highest BCUT2D eigenvalue weighted by Crippen LogP contribution is 2.24. The standard InChI is InChI=1S/C28H32N2O3/c1-5-16-29(3)27(31)18-23-8-6-10-25(17-23)30(20-22-14-12-21(2)13-15-22)28(32)24-9-7-11-26(19-24)33-4/h6-15,17,19H,5,16,18,20H2,1-4H3. The summed E-state index contributed by atoms with van der Waals surface area (Å²) in [6.45, 7) is 5.24. The van der Waals surface area contributed by atoms with Crippen LogP contribution in [-0.2, 0) is 17.8 Å². The maximum Gasteiger partial charge on any atom is 0.258 e. The number of likely N-dealkylation sites (N-methyl/N-ethyl adjacent to an activating group) is 1. The summed E-state index contributed by atoms with van der Waals surface area (Å²) >= 11 is 0. The Labute approximate surface area is 196 Å². The van der Waals surface area contributed by atoms with Crippen LogP contribution in [0.4, 0.5) is 5.69 Å². The molecule has 3 aromatic carbocycles. The highest BCUT2D eigenvalue weighted by molar-refractivity contribution is 6.06. The quantitative estimate of drug-likeness (QED) is 0.452. The zero-order valence-corrected chi connectivity index (χ0v) is 19.9. The number of methoxy groups -OCH3 is 1. The van der Waals surface area contributed by atoms with Crippen molar-refractivity contribution >= 4 is 17.5 Å². The highest BCUT2D eigenvalue weighted by atomic mass is 16.5. The van der Waals surface area contributed by atoms with E-state index >= 15 is 0 Å². The molecule has 0 aliphatic carbocycles. The lowest BCUT2D eigenvalue weighted by Crippen LogP contribution is -2.31. The third kappa shape index (κ3) is 6.45. The van der Waals surface area contributed by atoms with Gasteiger partial charge in [-0.1, -0.05) is 55.0 Å². The minimum Gasteiger partial charge on any atom is -0.497 e. The van der Waals surface area contributed by atoms with E-state index < -0.39 is 0 Å². The van der Waals surface area contributed by atoms with Crippen LogP contribution in [0.2, 0.25) is 0 Å². The molecule has 0 aliphatic heterocycles. The van der Waals surface area contributed by atoms with Crippen LogP contribution in [0.5, 0.6) is 5.75 Å². The number of benzene rings is 3. The van der Waals surface area contributed by atoms with Crippen molar-refractivity contribution in [2.45, 2.75) is 33.2 Å². The molecule has 0 spiro atoms. The van der Waals surface area contributed by atoms with Gasteiger partial charge in [0.1, 0.15) is 5.75 Å². The largest absolute Gasteiger partial charge is 0.497 e. The first-order valence-electron chi connectivity index (χ1n) is 11.3. The minimum atomic E-state index is -0.124. The predicted octanol–water partition coefficient (Wildman–Crippen LogP) is 5.26. The summed E-state index contributed by atoms with van der Waals surface area (Å²) in [5.74, 6) is 0.578. The minimum absolute atomic E-state index is 0.0678. The van der Waals surface area contributed by atoms with Crippen LogP contribution < -0.4 is 9.64 Å². The van der Waals surface area contributed by atoms with Crippen LogP contribution in [0.15, 0.2) is 72.8 Å². The summed E-state index contributed by atoms with van der Waals surface area (Å²) in [5.41, 5.74) is 4.38. The molecule has 0 aliphatic rings. The normalized spacial score (nSPS) is 10.5. The number of nitrogens with zero attached hydrogens (tertiary/aromatic N) is 2. The number of ether oxygens (including phenoxy) is 1. The maximum absolute atomic E-state index is 13.6. The van der Waals surface area contributed by atoms with Gasteiger partial charge in [-0.25, -0.2) is 0 Å². The number of rotatable bonds is 9. The van der Waals surface area contributed by atoms with E-state index in [9.17, 15) is 9.59 Å². The summed E-state index contributed by atoms with van der Waals surface area (Å²) in [6, 6.07) is 23.0. The van der Waals surface area contributed by atoms with Gasteiger partial charge in [0.05, 0.1) is 20.1 Å². The van der Waals surface area contributed by atoms with Gasteiger partial charge >= 0.3 is 0 Å². The van der Waals surface area contributed by atoms with Gasteiger partial charge in [-0.2, -0.15) is 0 Å². The zero-order valence-electron chi connectivity index (χ0n) is 19.9. The molecule has 5 heteroatoms. The fraction of sp³-hybridized carbons (Fsp3) is 0.286. The Balaban J connectivity index is 1.94. The Bertz CT molecular complexity index is 1090. The summed E-state index contributed by atoms with van der Waals surface area (Å²) in [6.07, 6.45) is 1.22. The van der Waals surface area contributed by atoms with Crippen molar-refractivity contribution in [3.8, 4) is 5.75 Å². The third-order valence-electron chi connectivity index (χ3n) is 5.59. The molecule has 5 nitrogen and oxygen atoms in total. The Kier molecular flexibility index (Phi) is 8.25. The third-order valence-corrected chi connectivity index (χ3v) is 5.59. The van der Waals surface area contributed by atoms with Crippen LogP contribution in [0, 0.1) is 6.92 Å². The van der Waals surface area contributed by atoms with Crippen molar-refractivity contribution in [1.82, 2.24) is 4.90 Å². The number of amides is 2. The van der Waals surface area contributed by atoms with Gasteiger partial charge in [-0.15, -0.1) is 0 Å². The second-order valence-corrected chi connectivity index (χ2v) is 8.27. The lowest BCUT2D eigenvalue weighted by molar-refractivity contribution is -0.129. The molecule has 0 saturated carbocycles. The molecule has 0 N–H and O–H groups in total. The molecule has 0 radical (unpaired) electrons. The number of carbonyl (C=O) groups is 2. The van der Waals surface area contributed by atoms with Crippen LogP contribution in [0.25, 0.3) is 0 Å². The topological polar surface area (TPSA) is 49.9 Å². The fourth-order valence-corrected chi connectivity index (χ4v) is 3.67. The van der Waals surface area contributed by atoms with Gasteiger partial charge in [0.25, 0.3) is 5.91 Å². The lowest BCUT2D eigenvalue weighted by atomic mass is 10.1. The van der Waals surface area contributed by atoms with Crippen LogP contribution in [0.3, 0.4) is 0 Å². The van der Waals surface area contributed by atoms with E-state index in [1.807, 2.05) is 74.6 Å². The van der Waals surface area contributed by atoms with Crippen LogP contribution >= 0.6 is 0 Å². The average molecular weight is 445 g/mol. The Morgan fingerprint density at radius 3 is 2.33 bits per heavy atom.